The molecule has 140 valence electrons. The molecule has 0 aromatic carbocycles. The van der Waals surface area contributed by atoms with Crippen LogP contribution in [0.4, 0.5) is 0 Å². The molecule has 0 aliphatic carbocycles. The number of carbonyl (C=O) groups is 2. The number of carbonyl (C=O) groups excluding carboxylic acids is 2. The van der Waals surface area contributed by atoms with Gasteiger partial charge < -0.3 is 15.0 Å². The Balaban J connectivity index is 1.69. The SMILES string of the molecule is CCCC(NC(=O)c1sccc1COC)C(=O)N1CCc2sccc2C1. The molecule has 1 aliphatic heterocycles. The maximum absolute atomic E-state index is 13.0. The predicted molar refractivity (Wildman–Crippen MR) is 105 cm³/mol. The second-order valence-corrected chi connectivity index (χ2v) is 8.32. The zero-order valence-electron chi connectivity index (χ0n) is 15.1. The summed E-state index contributed by atoms with van der Waals surface area (Å²) >= 11 is 3.14. The second kappa shape index (κ2) is 8.79. The van der Waals surface area contributed by atoms with Crippen molar-refractivity contribution in [2.24, 2.45) is 0 Å². The Labute approximate surface area is 162 Å². The number of fused-ring (bicyclic) bond motifs is 1. The number of amides is 2. The van der Waals surface area contributed by atoms with Crippen LogP contribution in [0, 0.1) is 0 Å². The summed E-state index contributed by atoms with van der Waals surface area (Å²) < 4.78 is 5.15. The van der Waals surface area contributed by atoms with Gasteiger partial charge in [0.05, 0.1) is 11.5 Å². The Morgan fingerprint density at radius 2 is 2.12 bits per heavy atom. The van der Waals surface area contributed by atoms with E-state index in [0.29, 0.717) is 24.4 Å². The summed E-state index contributed by atoms with van der Waals surface area (Å²) in [4.78, 5) is 29.6. The van der Waals surface area contributed by atoms with Crippen LogP contribution in [0.3, 0.4) is 0 Å². The fraction of sp³-hybridized carbons (Fsp3) is 0.474. The number of rotatable bonds is 7. The summed E-state index contributed by atoms with van der Waals surface area (Å²) in [7, 11) is 1.61. The van der Waals surface area contributed by atoms with Gasteiger partial charge in [0.25, 0.3) is 5.91 Å². The average Bonchev–Trinajstić information content (AvgIpc) is 3.29. The lowest BCUT2D eigenvalue weighted by Gasteiger charge is -2.30. The quantitative estimate of drug-likeness (QED) is 0.785. The molecule has 0 radical (unpaired) electrons. The largest absolute Gasteiger partial charge is 0.380 e. The Kier molecular flexibility index (Phi) is 6.45. The fourth-order valence-corrected chi connectivity index (χ4v) is 4.93. The maximum Gasteiger partial charge on any atom is 0.262 e. The van der Waals surface area contributed by atoms with Gasteiger partial charge in [0.15, 0.2) is 0 Å². The van der Waals surface area contributed by atoms with Crippen molar-refractivity contribution in [2.45, 2.75) is 45.4 Å². The Bertz CT molecular complexity index is 768. The molecule has 3 heterocycles. The van der Waals surface area contributed by atoms with Gasteiger partial charge in [0, 0.05) is 30.6 Å². The average molecular weight is 393 g/mol. The summed E-state index contributed by atoms with van der Waals surface area (Å²) in [6.45, 7) is 3.78. The Morgan fingerprint density at radius 1 is 1.31 bits per heavy atom. The van der Waals surface area contributed by atoms with Gasteiger partial charge in [0.1, 0.15) is 6.04 Å². The van der Waals surface area contributed by atoms with Crippen molar-refractivity contribution in [3.63, 3.8) is 0 Å². The van der Waals surface area contributed by atoms with Crippen LogP contribution < -0.4 is 5.32 Å². The molecule has 1 aliphatic rings. The van der Waals surface area contributed by atoms with Crippen LogP contribution in [0.5, 0.6) is 0 Å². The minimum atomic E-state index is -0.481. The van der Waals surface area contributed by atoms with E-state index in [4.69, 9.17) is 4.74 Å². The summed E-state index contributed by atoms with van der Waals surface area (Å²) in [5.41, 5.74) is 2.09. The molecule has 1 unspecified atom stereocenters. The summed E-state index contributed by atoms with van der Waals surface area (Å²) in [6.07, 6.45) is 2.38. The van der Waals surface area contributed by atoms with Gasteiger partial charge in [0.2, 0.25) is 5.91 Å². The molecule has 3 rings (SSSR count). The number of nitrogens with zero attached hydrogens (tertiary/aromatic N) is 1. The molecule has 0 fully saturated rings. The first-order chi connectivity index (χ1) is 12.6. The molecule has 1 atom stereocenters. The molecule has 0 bridgehead atoms. The van der Waals surface area contributed by atoms with Gasteiger partial charge in [-0.3, -0.25) is 9.59 Å². The van der Waals surface area contributed by atoms with E-state index >= 15 is 0 Å². The first-order valence-corrected chi connectivity index (χ1v) is 10.6. The zero-order chi connectivity index (χ0) is 18.5. The third-order valence-corrected chi connectivity index (χ3v) is 6.53. The van der Waals surface area contributed by atoms with E-state index in [2.05, 4.69) is 16.8 Å². The number of ether oxygens (including phenoxy) is 1. The smallest absolute Gasteiger partial charge is 0.262 e. The summed E-state index contributed by atoms with van der Waals surface area (Å²) in [6, 6.07) is 3.50. The highest BCUT2D eigenvalue weighted by atomic mass is 32.1. The molecule has 0 saturated heterocycles. The van der Waals surface area contributed by atoms with Crippen molar-refractivity contribution in [1.82, 2.24) is 10.2 Å². The van der Waals surface area contributed by atoms with Crippen molar-refractivity contribution < 1.29 is 14.3 Å². The van der Waals surface area contributed by atoms with Crippen molar-refractivity contribution in [3.8, 4) is 0 Å². The maximum atomic E-state index is 13.0. The van der Waals surface area contributed by atoms with Crippen LogP contribution in [0.15, 0.2) is 22.9 Å². The van der Waals surface area contributed by atoms with Crippen LogP contribution in [-0.4, -0.2) is 36.4 Å². The topological polar surface area (TPSA) is 58.6 Å². The van der Waals surface area contributed by atoms with Crippen LogP contribution >= 0.6 is 22.7 Å². The van der Waals surface area contributed by atoms with Crippen LogP contribution in [0.2, 0.25) is 0 Å². The van der Waals surface area contributed by atoms with Crippen molar-refractivity contribution in [3.05, 3.63) is 43.8 Å². The van der Waals surface area contributed by atoms with Gasteiger partial charge in [-0.05, 0) is 41.3 Å². The van der Waals surface area contributed by atoms with Gasteiger partial charge in [-0.1, -0.05) is 13.3 Å². The van der Waals surface area contributed by atoms with Crippen molar-refractivity contribution >= 4 is 34.5 Å². The third-order valence-electron chi connectivity index (χ3n) is 4.55. The van der Waals surface area contributed by atoms with Gasteiger partial charge in [-0.25, -0.2) is 0 Å². The minimum Gasteiger partial charge on any atom is -0.380 e. The van der Waals surface area contributed by atoms with Crippen molar-refractivity contribution in [1.29, 1.82) is 0 Å². The Morgan fingerprint density at radius 3 is 2.88 bits per heavy atom. The molecular weight excluding hydrogens is 368 g/mol. The number of nitrogens with one attached hydrogen (secondary N) is 1. The fourth-order valence-electron chi connectivity index (χ4n) is 3.23. The van der Waals surface area contributed by atoms with Gasteiger partial charge >= 0.3 is 0 Å². The first kappa shape index (κ1) is 19.1. The number of hydrogen-bond donors (Lipinski definition) is 1. The molecule has 0 spiro atoms. The first-order valence-electron chi connectivity index (χ1n) is 8.84. The third kappa shape index (κ3) is 4.16. The Hall–Kier alpha value is -1.70. The van der Waals surface area contributed by atoms with E-state index in [1.807, 2.05) is 23.3 Å². The number of methoxy groups -OCH3 is 1. The highest BCUT2D eigenvalue weighted by Gasteiger charge is 2.29. The predicted octanol–water partition coefficient (Wildman–Crippen LogP) is 3.44. The molecule has 5 nitrogen and oxygen atoms in total. The van der Waals surface area contributed by atoms with Crippen LogP contribution in [0.25, 0.3) is 0 Å². The van der Waals surface area contributed by atoms with E-state index in [0.717, 1.165) is 24.9 Å². The zero-order valence-corrected chi connectivity index (χ0v) is 16.8. The minimum absolute atomic E-state index is 0.0156. The number of thiophene rings is 2. The number of hydrogen-bond acceptors (Lipinski definition) is 5. The summed E-state index contributed by atoms with van der Waals surface area (Å²) in [5.74, 6) is -0.172. The highest BCUT2D eigenvalue weighted by molar-refractivity contribution is 7.12. The van der Waals surface area contributed by atoms with Gasteiger partial charge in [-0.2, -0.15) is 0 Å². The van der Waals surface area contributed by atoms with E-state index in [-0.39, 0.29) is 11.8 Å². The molecule has 7 heteroatoms. The monoisotopic (exact) mass is 392 g/mol. The molecule has 26 heavy (non-hydrogen) atoms. The van der Waals surface area contributed by atoms with E-state index in [1.54, 1.807) is 18.4 Å². The molecule has 2 aromatic rings. The van der Waals surface area contributed by atoms with E-state index in [9.17, 15) is 9.59 Å². The summed E-state index contributed by atoms with van der Waals surface area (Å²) in [5, 5.41) is 6.92. The van der Waals surface area contributed by atoms with E-state index < -0.39 is 6.04 Å². The standard InChI is InChI=1S/C19H24N2O3S2/c1-3-4-15(20-18(22)17-14(12-24-2)7-10-26-17)19(23)21-8-5-16-13(11-21)6-9-25-16/h6-7,9-10,15H,3-5,8,11-12H2,1-2H3,(H,20,22). The highest BCUT2D eigenvalue weighted by Crippen LogP contribution is 2.25. The lowest BCUT2D eigenvalue weighted by atomic mass is 10.1. The van der Waals surface area contributed by atoms with Crippen LogP contribution in [-0.2, 0) is 29.1 Å². The second-order valence-electron chi connectivity index (χ2n) is 6.40. The molecular formula is C19H24N2O3S2. The molecule has 0 saturated carbocycles. The van der Waals surface area contributed by atoms with Crippen molar-refractivity contribution in [2.75, 3.05) is 13.7 Å². The molecule has 1 N–H and O–H groups in total. The molecule has 2 amide bonds. The lowest BCUT2D eigenvalue weighted by Crippen LogP contribution is -2.49. The van der Waals surface area contributed by atoms with Crippen LogP contribution in [0.1, 0.15) is 45.4 Å². The molecule has 2 aromatic heterocycles. The van der Waals surface area contributed by atoms with E-state index in [1.165, 1.54) is 21.8 Å². The lowest BCUT2D eigenvalue weighted by molar-refractivity contribution is -0.134. The normalized spacial score (nSPS) is 14.8. The van der Waals surface area contributed by atoms with Gasteiger partial charge in [-0.15, -0.1) is 22.7 Å².